The van der Waals surface area contributed by atoms with Crippen LogP contribution in [0.1, 0.15) is 31.2 Å². The number of nitrogens with zero attached hydrogens (tertiary/aromatic N) is 2. The normalized spacial score (nSPS) is 28.9. The minimum absolute atomic E-state index is 0.204. The molecule has 24 heavy (non-hydrogen) atoms. The van der Waals surface area contributed by atoms with Crippen LogP contribution in [0, 0.1) is 11.3 Å². The third-order valence-corrected chi connectivity index (χ3v) is 4.76. The Morgan fingerprint density at radius 2 is 2.00 bits per heavy atom. The molecule has 3 rings (SSSR count). The van der Waals surface area contributed by atoms with Gasteiger partial charge in [-0.05, 0) is 24.8 Å². The number of ether oxygens (including phenoxy) is 2. The number of carbonyl (C=O) groups is 1. The Labute approximate surface area is 141 Å². The number of fused-ring (bicyclic) bond motifs is 2. The van der Waals surface area contributed by atoms with E-state index in [1.165, 1.54) is 0 Å². The summed E-state index contributed by atoms with van der Waals surface area (Å²) in [6.07, 6.45) is 1.23. The number of aliphatic hydroxyl groups is 1. The first-order chi connectivity index (χ1) is 11.6. The molecule has 0 spiro atoms. The largest absolute Gasteiger partial charge is 0.445 e. The van der Waals surface area contributed by atoms with Crippen molar-refractivity contribution in [2.75, 3.05) is 13.2 Å². The predicted octanol–water partition coefficient (Wildman–Crippen LogP) is 2.22. The molecular formula is C18H22N2O4. The molecule has 0 aliphatic carbocycles. The van der Waals surface area contributed by atoms with E-state index >= 15 is 0 Å². The van der Waals surface area contributed by atoms with E-state index < -0.39 is 5.60 Å². The van der Waals surface area contributed by atoms with Crippen LogP contribution >= 0.6 is 0 Å². The van der Waals surface area contributed by atoms with Crippen molar-refractivity contribution in [3.8, 4) is 6.07 Å². The number of benzene rings is 1. The molecule has 0 saturated carbocycles. The highest BCUT2D eigenvalue weighted by atomic mass is 16.6. The third kappa shape index (κ3) is 3.69. The van der Waals surface area contributed by atoms with Crippen molar-refractivity contribution in [3.05, 3.63) is 35.9 Å². The van der Waals surface area contributed by atoms with Crippen molar-refractivity contribution in [1.82, 2.24) is 4.90 Å². The van der Waals surface area contributed by atoms with Crippen LogP contribution in [0.3, 0.4) is 0 Å². The minimum Gasteiger partial charge on any atom is -0.445 e. The Kier molecular flexibility index (Phi) is 5.03. The van der Waals surface area contributed by atoms with E-state index in [9.17, 15) is 9.90 Å². The Balaban J connectivity index is 1.63. The van der Waals surface area contributed by atoms with Gasteiger partial charge in [0.25, 0.3) is 0 Å². The van der Waals surface area contributed by atoms with Crippen LogP contribution in [0.5, 0.6) is 0 Å². The molecule has 0 radical (unpaired) electrons. The summed E-state index contributed by atoms with van der Waals surface area (Å²) >= 11 is 0. The van der Waals surface area contributed by atoms with E-state index in [0.717, 1.165) is 5.56 Å². The average molecular weight is 330 g/mol. The van der Waals surface area contributed by atoms with Gasteiger partial charge in [-0.25, -0.2) is 4.79 Å². The zero-order valence-corrected chi connectivity index (χ0v) is 13.6. The Bertz CT molecular complexity index is 599. The molecule has 2 atom stereocenters. The molecular weight excluding hydrogens is 308 g/mol. The molecule has 1 N–H and O–H groups in total. The fraction of sp³-hybridized carbons (Fsp3) is 0.556. The zero-order chi connectivity index (χ0) is 17.0. The third-order valence-electron chi connectivity index (χ3n) is 4.76. The van der Waals surface area contributed by atoms with Crippen molar-refractivity contribution >= 4 is 6.09 Å². The maximum absolute atomic E-state index is 12.5. The summed E-state index contributed by atoms with van der Waals surface area (Å²) in [5.74, 6) is 0. The molecule has 1 amide bonds. The first kappa shape index (κ1) is 16.7. The van der Waals surface area contributed by atoms with Gasteiger partial charge in [0, 0.05) is 6.42 Å². The summed E-state index contributed by atoms with van der Waals surface area (Å²) in [4.78, 5) is 14.2. The van der Waals surface area contributed by atoms with Crippen molar-refractivity contribution in [2.45, 2.75) is 50.0 Å². The summed E-state index contributed by atoms with van der Waals surface area (Å²) in [5.41, 5.74) is 0.0419. The van der Waals surface area contributed by atoms with Gasteiger partial charge in [-0.3, -0.25) is 4.90 Å². The van der Waals surface area contributed by atoms with Gasteiger partial charge in [-0.1, -0.05) is 30.3 Å². The van der Waals surface area contributed by atoms with Crippen LogP contribution in [0.15, 0.2) is 30.3 Å². The van der Waals surface area contributed by atoms with Crippen molar-refractivity contribution in [1.29, 1.82) is 5.26 Å². The van der Waals surface area contributed by atoms with Gasteiger partial charge >= 0.3 is 6.09 Å². The van der Waals surface area contributed by atoms with Crippen LogP contribution in [-0.2, 0) is 16.1 Å². The Morgan fingerprint density at radius 1 is 1.33 bits per heavy atom. The number of hydrogen-bond donors (Lipinski definition) is 1. The number of nitriles is 1. The van der Waals surface area contributed by atoms with Crippen LogP contribution in [-0.4, -0.2) is 47.0 Å². The summed E-state index contributed by atoms with van der Waals surface area (Å²) in [5, 5.41) is 19.5. The zero-order valence-electron chi connectivity index (χ0n) is 13.6. The second-order valence-electron chi connectivity index (χ2n) is 6.58. The van der Waals surface area contributed by atoms with E-state index in [4.69, 9.17) is 14.7 Å². The van der Waals surface area contributed by atoms with Crippen molar-refractivity contribution < 1.29 is 19.4 Å². The van der Waals surface area contributed by atoms with Crippen LogP contribution in [0.2, 0.25) is 0 Å². The maximum atomic E-state index is 12.5. The molecule has 0 aromatic heterocycles. The second kappa shape index (κ2) is 7.20. The highest BCUT2D eigenvalue weighted by molar-refractivity contribution is 5.69. The number of piperidine rings is 1. The van der Waals surface area contributed by atoms with Crippen LogP contribution < -0.4 is 0 Å². The molecule has 1 aromatic carbocycles. The predicted molar refractivity (Wildman–Crippen MR) is 85.9 cm³/mol. The highest BCUT2D eigenvalue weighted by Crippen LogP contribution is 2.37. The fourth-order valence-corrected chi connectivity index (χ4v) is 3.66. The summed E-state index contributed by atoms with van der Waals surface area (Å²) in [6, 6.07) is 11.2. The summed E-state index contributed by atoms with van der Waals surface area (Å²) < 4.78 is 11.0. The molecule has 2 aliphatic heterocycles. The van der Waals surface area contributed by atoms with E-state index in [0.29, 0.717) is 38.9 Å². The van der Waals surface area contributed by atoms with E-state index in [2.05, 4.69) is 6.07 Å². The Hall–Kier alpha value is -2.10. The van der Waals surface area contributed by atoms with E-state index in [-0.39, 0.29) is 24.8 Å². The monoisotopic (exact) mass is 330 g/mol. The molecule has 1 aromatic rings. The molecule has 6 heteroatoms. The van der Waals surface area contributed by atoms with Gasteiger partial charge in [0.15, 0.2) is 0 Å². The van der Waals surface area contributed by atoms with Gasteiger partial charge in [-0.15, -0.1) is 0 Å². The number of hydrogen-bond acceptors (Lipinski definition) is 5. The van der Waals surface area contributed by atoms with Gasteiger partial charge < -0.3 is 14.6 Å². The first-order valence-corrected chi connectivity index (χ1v) is 8.27. The van der Waals surface area contributed by atoms with Crippen LogP contribution in [0.25, 0.3) is 0 Å². The summed E-state index contributed by atoms with van der Waals surface area (Å²) in [7, 11) is 0. The second-order valence-corrected chi connectivity index (χ2v) is 6.58. The topological polar surface area (TPSA) is 82.8 Å². The molecule has 2 aliphatic rings. The van der Waals surface area contributed by atoms with E-state index in [1.807, 2.05) is 30.3 Å². The SMILES string of the molecule is N#CCCC1(O)CC2COCC(C1)N2C(=O)OCc1ccccc1. The van der Waals surface area contributed by atoms with Crippen molar-refractivity contribution in [2.24, 2.45) is 0 Å². The molecule has 2 fully saturated rings. The molecule has 2 saturated heterocycles. The standard InChI is InChI=1S/C18H22N2O4/c19-8-4-7-18(22)9-15-12-23-13-16(10-18)20(15)17(21)24-11-14-5-2-1-3-6-14/h1-3,5-6,15-16,22H,4,7,9-13H2. The first-order valence-electron chi connectivity index (χ1n) is 8.27. The lowest BCUT2D eigenvalue weighted by Gasteiger charge is -2.50. The number of amides is 1. The summed E-state index contributed by atoms with van der Waals surface area (Å²) in [6.45, 7) is 1.02. The smallest absolute Gasteiger partial charge is 0.410 e. The van der Waals surface area contributed by atoms with Gasteiger partial charge in [0.2, 0.25) is 0 Å². The number of carbonyl (C=O) groups excluding carboxylic acids is 1. The van der Waals surface area contributed by atoms with E-state index in [1.54, 1.807) is 4.90 Å². The quantitative estimate of drug-likeness (QED) is 0.915. The Morgan fingerprint density at radius 3 is 2.62 bits per heavy atom. The lowest BCUT2D eigenvalue weighted by atomic mass is 9.79. The number of morpholine rings is 1. The van der Waals surface area contributed by atoms with Gasteiger partial charge in [0.1, 0.15) is 6.61 Å². The number of rotatable bonds is 4. The lowest BCUT2D eigenvalue weighted by molar-refractivity contribution is -0.135. The minimum atomic E-state index is -0.898. The molecule has 2 heterocycles. The van der Waals surface area contributed by atoms with Crippen molar-refractivity contribution in [3.63, 3.8) is 0 Å². The lowest BCUT2D eigenvalue weighted by Crippen LogP contribution is -2.63. The molecule has 2 bridgehead atoms. The maximum Gasteiger partial charge on any atom is 0.410 e. The highest BCUT2D eigenvalue weighted by Gasteiger charge is 2.48. The van der Waals surface area contributed by atoms with Gasteiger partial charge in [-0.2, -0.15) is 5.26 Å². The van der Waals surface area contributed by atoms with Gasteiger partial charge in [0.05, 0.1) is 37.0 Å². The molecule has 128 valence electrons. The van der Waals surface area contributed by atoms with Crippen LogP contribution in [0.4, 0.5) is 4.79 Å². The molecule has 6 nitrogen and oxygen atoms in total. The fourth-order valence-electron chi connectivity index (χ4n) is 3.66. The average Bonchev–Trinajstić information content (AvgIpc) is 2.58. The molecule has 2 unspecified atom stereocenters.